The quantitative estimate of drug-likeness (QED) is 0.449. The van der Waals surface area contributed by atoms with Crippen LogP contribution in [0.1, 0.15) is 29.7 Å². The molecule has 2 aromatic rings. The van der Waals surface area contributed by atoms with Gasteiger partial charge in [0.15, 0.2) is 11.5 Å². The first-order valence-electron chi connectivity index (χ1n) is 9.26. The molecule has 1 aliphatic rings. The van der Waals surface area contributed by atoms with Gasteiger partial charge < -0.3 is 14.8 Å². The van der Waals surface area contributed by atoms with Crippen LogP contribution in [0.25, 0.3) is 0 Å². The summed E-state index contributed by atoms with van der Waals surface area (Å²) >= 11 is 0. The molecule has 7 heteroatoms. The van der Waals surface area contributed by atoms with Gasteiger partial charge in [0.1, 0.15) is 0 Å². The molecule has 0 saturated carbocycles. The van der Waals surface area contributed by atoms with Crippen LogP contribution >= 0.6 is 0 Å². The van der Waals surface area contributed by atoms with Gasteiger partial charge in [-0.15, -0.1) is 0 Å². The molecule has 0 amide bonds. The summed E-state index contributed by atoms with van der Waals surface area (Å²) in [6.45, 7) is 3.71. The van der Waals surface area contributed by atoms with Crippen molar-refractivity contribution in [2.45, 2.75) is 19.4 Å². The lowest BCUT2D eigenvalue weighted by Gasteiger charge is -2.31. The van der Waals surface area contributed by atoms with Crippen LogP contribution in [-0.4, -0.2) is 38.4 Å². The number of hydrogen-bond donors (Lipinski definition) is 1. The number of rotatable bonds is 7. The number of nitrogens with one attached hydrogen (secondary N) is 1. The zero-order valence-electron chi connectivity index (χ0n) is 16.3. The van der Waals surface area contributed by atoms with E-state index in [0.29, 0.717) is 6.54 Å². The van der Waals surface area contributed by atoms with Gasteiger partial charge in [-0.1, -0.05) is 6.92 Å². The zero-order valence-corrected chi connectivity index (χ0v) is 16.3. The van der Waals surface area contributed by atoms with E-state index in [-0.39, 0.29) is 17.6 Å². The van der Waals surface area contributed by atoms with E-state index in [9.17, 15) is 10.1 Å². The number of benzene rings is 2. The SMILES string of the molecule is COc1cc2c(cc1OC)[C@@H]([C@@H](C)CN=Cc1ccc([N+](=O)[O-])cc1)NCC2. The first kappa shape index (κ1) is 19.8. The summed E-state index contributed by atoms with van der Waals surface area (Å²) < 4.78 is 10.9. The molecule has 1 N–H and O–H groups in total. The molecule has 3 rings (SSSR count). The number of methoxy groups -OCH3 is 2. The van der Waals surface area contributed by atoms with Crippen molar-refractivity contribution in [2.24, 2.45) is 10.9 Å². The fourth-order valence-electron chi connectivity index (χ4n) is 3.53. The fourth-order valence-corrected chi connectivity index (χ4v) is 3.53. The second-order valence-electron chi connectivity index (χ2n) is 6.91. The van der Waals surface area contributed by atoms with Crippen molar-refractivity contribution in [1.29, 1.82) is 0 Å². The number of aliphatic imine (C=N–C) groups is 1. The second kappa shape index (κ2) is 8.84. The highest BCUT2D eigenvalue weighted by molar-refractivity contribution is 5.79. The normalized spacial score (nSPS) is 17.2. The Hall–Kier alpha value is -2.93. The van der Waals surface area contributed by atoms with Gasteiger partial charge in [0.2, 0.25) is 0 Å². The van der Waals surface area contributed by atoms with Gasteiger partial charge in [0.25, 0.3) is 5.69 Å². The van der Waals surface area contributed by atoms with Crippen molar-refractivity contribution >= 4 is 11.9 Å². The van der Waals surface area contributed by atoms with Crippen LogP contribution in [0.2, 0.25) is 0 Å². The molecule has 1 aliphatic heterocycles. The second-order valence-corrected chi connectivity index (χ2v) is 6.91. The number of nitrogens with zero attached hydrogens (tertiary/aromatic N) is 2. The highest BCUT2D eigenvalue weighted by Gasteiger charge is 2.26. The van der Waals surface area contributed by atoms with Crippen LogP contribution in [-0.2, 0) is 6.42 Å². The zero-order chi connectivity index (χ0) is 20.1. The van der Waals surface area contributed by atoms with E-state index in [1.807, 2.05) is 0 Å². The molecular formula is C21H25N3O4. The van der Waals surface area contributed by atoms with Crippen LogP contribution in [0.4, 0.5) is 5.69 Å². The monoisotopic (exact) mass is 383 g/mol. The molecule has 0 aliphatic carbocycles. The molecule has 28 heavy (non-hydrogen) atoms. The Balaban J connectivity index is 1.71. The van der Waals surface area contributed by atoms with E-state index in [0.717, 1.165) is 30.0 Å². The summed E-state index contributed by atoms with van der Waals surface area (Å²) in [6.07, 6.45) is 2.71. The summed E-state index contributed by atoms with van der Waals surface area (Å²) in [5.41, 5.74) is 3.42. The highest BCUT2D eigenvalue weighted by Crippen LogP contribution is 2.37. The summed E-state index contributed by atoms with van der Waals surface area (Å²) in [6, 6.07) is 10.7. The van der Waals surface area contributed by atoms with Gasteiger partial charge in [-0.25, -0.2) is 0 Å². The maximum atomic E-state index is 10.7. The number of fused-ring (bicyclic) bond motifs is 1. The van der Waals surface area contributed by atoms with E-state index >= 15 is 0 Å². The number of nitro benzene ring substituents is 1. The number of nitro groups is 1. The average Bonchev–Trinajstić information content (AvgIpc) is 2.72. The predicted molar refractivity (Wildman–Crippen MR) is 109 cm³/mol. The molecule has 2 atom stereocenters. The van der Waals surface area contributed by atoms with Gasteiger partial charge in [0.05, 0.1) is 19.1 Å². The predicted octanol–water partition coefficient (Wildman–Crippen LogP) is 3.55. The molecule has 0 bridgehead atoms. The molecule has 148 valence electrons. The highest BCUT2D eigenvalue weighted by atomic mass is 16.6. The maximum Gasteiger partial charge on any atom is 0.269 e. The third kappa shape index (κ3) is 4.31. The van der Waals surface area contributed by atoms with E-state index in [2.05, 4.69) is 29.4 Å². The molecule has 0 fully saturated rings. The largest absolute Gasteiger partial charge is 0.493 e. The molecule has 1 heterocycles. The Morgan fingerprint density at radius 3 is 2.57 bits per heavy atom. The summed E-state index contributed by atoms with van der Waals surface area (Å²) in [5.74, 6) is 1.76. The molecule has 0 aromatic heterocycles. The molecular weight excluding hydrogens is 358 g/mol. The summed E-state index contributed by atoms with van der Waals surface area (Å²) in [7, 11) is 3.30. The van der Waals surface area contributed by atoms with E-state index in [4.69, 9.17) is 9.47 Å². The Morgan fingerprint density at radius 1 is 1.25 bits per heavy atom. The van der Waals surface area contributed by atoms with Crippen molar-refractivity contribution in [3.05, 3.63) is 63.2 Å². The van der Waals surface area contributed by atoms with E-state index < -0.39 is 4.92 Å². The van der Waals surface area contributed by atoms with Gasteiger partial charge in [0, 0.05) is 30.9 Å². The van der Waals surface area contributed by atoms with Crippen molar-refractivity contribution < 1.29 is 14.4 Å². The lowest BCUT2D eigenvalue weighted by atomic mass is 9.86. The topological polar surface area (TPSA) is 86.0 Å². The first-order valence-corrected chi connectivity index (χ1v) is 9.26. The van der Waals surface area contributed by atoms with Gasteiger partial charge in [-0.3, -0.25) is 15.1 Å². The minimum atomic E-state index is -0.404. The fraction of sp³-hybridized carbons (Fsp3) is 0.381. The Morgan fingerprint density at radius 2 is 1.93 bits per heavy atom. The van der Waals surface area contributed by atoms with Gasteiger partial charge in [-0.05, 0) is 59.8 Å². The van der Waals surface area contributed by atoms with Crippen molar-refractivity contribution in [3.63, 3.8) is 0 Å². The average molecular weight is 383 g/mol. The van der Waals surface area contributed by atoms with Crippen molar-refractivity contribution in [2.75, 3.05) is 27.3 Å². The molecule has 7 nitrogen and oxygen atoms in total. The number of ether oxygens (including phenoxy) is 2. The third-order valence-corrected chi connectivity index (χ3v) is 5.05. The lowest BCUT2D eigenvalue weighted by molar-refractivity contribution is -0.384. The Kier molecular flexibility index (Phi) is 6.26. The summed E-state index contributed by atoms with van der Waals surface area (Å²) in [5, 5.41) is 14.3. The summed E-state index contributed by atoms with van der Waals surface area (Å²) in [4.78, 5) is 14.9. The minimum absolute atomic E-state index is 0.0814. The number of non-ortho nitro benzene ring substituents is 1. The van der Waals surface area contributed by atoms with Crippen LogP contribution in [0.5, 0.6) is 11.5 Å². The van der Waals surface area contributed by atoms with E-state index in [1.165, 1.54) is 23.3 Å². The van der Waals surface area contributed by atoms with Crippen molar-refractivity contribution in [1.82, 2.24) is 5.32 Å². The van der Waals surface area contributed by atoms with Crippen LogP contribution in [0, 0.1) is 16.0 Å². The lowest BCUT2D eigenvalue weighted by Crippen LogP contribution is -2.35. The van der Waals surface area contributed by atoms with E-state index in [1.54, 1.807) is 32.6 Å². The molecule has 0 unspecified atom stereocenters. The Bertz CT molecular complexity index is 865. The number of hydrogen-bond acceptors (Lipinski definition) is 6. The molecule has 0 saturated heterocycles. The molecule has 0 spiro atoms. The molecule has 2 aromatic carbocycles. The van der Waals surface area contributed by atoms with Gasteiger partial charge in [-0.2, -0.15) is 0 Å². The van der Waals surface area contributed by atoms with Crippen LogP contribution in [0.3, 0.4) is 0 Å². The smallest absolute Gasteiger partial charge is 0.269 e. The maximum absolute atomic E-state index is 10.7. The third-order valence-electron chi connectivity index (χ3n) is 5.05. The first-order chi connectivity index (χ1) is 13.5. The van der Waals surface area contributed by atoms with Crippen LogP contribution in [0.15, 0.2) is 41.4 Å². The van der Waals surface area contributed by atoms with Gasteiger partial charge >= 0.3 is 0 Å². The molecule has 0 radical (unpaired) electrons. The van der Waals surface area contributed by atoms with Crippen molar-refractivity contribution in [3.8, 4) is 11.5 Å². The Labute approximate surface area is 164 Å². The standard InChI is InChI=1S/C21H25N3O4/c1-14(12-22-13-15-4-6-17(7-5-15)24(25)26)21-18-11-20(28-3)19(27-2)10-16(18)8-9-23-21/h4-7,10-11,13-14,21,23H,8-9,12H2,1-3H3/t14-,21+/m0/s1. The van der Waals surface area contributed by atoms with Crippen LogP contribution < -0.4 is 14.8 Å². The minimum Gasteiger partial charge on any atom is -0.493 e.